The van der Waals surface area contributed by atoms with Crippen LogP contribution in [-0.4, -0.2) is 26.2 Å². The molecule has 0 aromatic heterocycles. The van der Waals surface area contributed by atoms with Crippen LogP contribution in [0.15, 0.2) is 24.3 Å². The average Bonchev–Trinajstić information content (AvgIpc) is 2.34. The molecule has 0 bridgehead atoms. The van der Waals surface area contributed by atoms with Crippen LogP contribution < -0.4 is 5.32 Å². The number of rotatable bonds is 6. The Morgan fingerprint density at radius 3 is 2.61 bits per heavy atom. The van der Waals surface area contributed by atoms with Crippen LogP contribution >= 0.6 is 0 Å². The third-order valence-corrected chi connectivity index (χ3v) is 3.17. The van der Waals surface area contributed by atoms with Gasteiger partial charge in [-0.3, -0.25) is 4.79 Å². The van der Waals surface area contributed by atoms with Gasteiger partial charge >= 0.3 is 5.97 Å². The van der Waals surface area contributed by atoms with Crippen LogP contribution in [0.1, 0.15) is 31.4 Å². The third kappa shape index (κ3) is 4.15. The summed E-state index contributed by atoms with van der Waals surface area (Å²) in [5, 5.41) is 3.32. The minimum atomic E-state index is -0.170. The van der Waals surface area contributed by atoms with Gasteiger partial charge in [0.05, 0.1) is 13.5 Å². The quantitative estimate of drug-likeness (QED) is 0.621. The lowest BCUT2D eigenvalue weighted by Gasteiger charge is -2.27. The number of carbonyl (C=O) groups excluding carboxylic acids is 1. The Bertz CT molecular complexity index is 399. The fourth-order valence-electron chi connectivity index (χ4n) is 2.12. The number of ether oxygens (including phenoxy) is 1. The molecule has 0 radical (unpaired) electrons. The molecular weight excluding hydrogens is 226 g/mol. The highest BCUT2D eigenvalue weighted by molar-refractivity contribution is 5.69. The third-order valence-electron chi connectivity index (χ3n) is 3.17. The number of hydrogen-bond donors (Lipinski definition) is 1. The largest absolute Gasteiger partial charge is 0.469 e. The fraction of sp³-hybridized carbons (Fsp3) is 0.533. The summed E-state index contributed by atoms with van der Waals surface area (Å²) >= 11 is 0. The van der Waals surface area contributed by atoms with Gasteiger partial charge in [0.25, 0.3) is 0 Å². The lowest BCUT2D eigenvalue weighted by molar-refractivity contribution is -0.140. The second-order valence-electron chi connectivity index (χ2n) is 5.20. The maximum absolute atomic E-state index is 11.0. The van der Waals surface area contributed by atoms with Crippen molar-refractivity contribution >= 4 is 5.97 Å². The standard InChI is InChI=1S/C15H23NO2/c1-12-7-5-6-8-13(12)15(2,3)11-16-10-9-14(17)18-4/h5-8,16H,9-11H2,1-4H3. The molecule has 0 saturated heterocycles. The fourth-order valence-corrected chi connectivity index (χ4v) is 2.12. The average molecular weight is 249 g/mol. The first kappa shape index (κ1) is 14.7. The highest BCUT2D eigenvalue weighted by Crippen LogP contribution is 2.25. The molecule has 3 nitrogen and oxygen atoms in total. The van der Waals surface area contributed by atoms with Gasteiger partial charge in [0.1, 0.15) is 0 Å². The van der Waals surface area contributed by atoms with Crippen molar-refractivity contribution < 1.29 is 9.53 Å². The second kappa shape index (κ2) is 6.55. The first-order chi connectivity index (χ1) is 8.47. The van der Waals surface area contributed by atoms with E-state index in [1.807, 2.05) is 0 Å². The van der Waals surface area contributed by atoms with Crippen LogP contribution in [0, 0.1) is 6.92 Å². The van der Waals surface area contributed by atoms with E-state index in [1.165, 1.54) is 18.2 Å². The minimum Gasteiger partial charge on any atom is -0.469 e. The lowest BCUT2D eigenvalue weighted by Crippen LogP contribution is -2.34. The monoisotopic (exact) mass is 249 g/mol. The summed E-state index contributed by atoms with van der Waals surface area (Å²) in [6.07, 6.45) is 0.417. The van der Waals surface area contributed by atoms with Crippen LogP contribution in [0.4, 0.5) is 0 Å². The molecule has 1 N–H and O–H groups in total. The molecule has 100 valence electrons. The number of methoxy groups -OCH3 is 1. The molecule has 0 fully saturated rings. The smallest absolute Gasteiger partial charge is 0.306 e. The van der Waals surface area contributed by atoms with Gasteiger partial charge in [0, 0.05) is 18.5 Å². The van der Waals surface area contributed by atoms with Crippen LogP contribution in [0.2, 0.25) is 0 Å². The molecule has 0 aliphatic heterocycles. The predicted molar refractivity (Wildman–Crippen MR) is 73.7 cm³/mol. The van der Waals surface area contributed by atoms with Crippen LogP contribution in [0.3, 0.4) is 0 Å². The van der Waals surface area contributed by atoms with Crippen molar-refractivity contribution in [3.8, 4) is 0 Å². The summed E-state index contributed by atoms with van der Waals surface area (Å²) in [7, 11) is 1.42. The van der Waals surface area contributed by atoms with Crippen molar-refractivity contribution in [3.63, 3.8) is 0 Å². The lowest BCUT2D eigenvalue weighted by atomic mass is 9.82. The van der Waals surface area contributed by atoms with E-state index in [2.05, 4.69) is 55.1 Å². The van der Waals surface area contributed by atoms with E-state index in [-0.39, 0.29) is 11.4 Å². The van der Waals surface area contributed by atoms with Crippen LogP contribution in [0.5, 0.6) is 0 Å². The zero-order valence-corrected chi connectivity index (χ0v) is 11.7. The number of hydrogen-bond acceptors (Lipinski definition) is 3. The second-order valence-corrected chi connectivity index (χ2v) is 5.20. The first-order valence-electron chi connectivity index (χ1n) is 6.31. The van der Waals surface area contributed by atoms with Crippen molar-refractivity contribution in [1.82, 2.24) is 5.32 Å². The summed E-state index contributed by atoms with van der Waals surface area (Å²) in [6, 6.07) is 8.42. The zero-order valence-electron chi connectivity index (χ0n) is 11.7. The van der Waals surface area contributed by atoms with E-state index in [0.29, 0.717) is 13.0 Å². The summed E-state index contributed by atoms with van der Waals surface area (Å²) in [5.74, 6) is -0.170. The molecule has 1 aromatic carbocycles. The van der Waals surface area contributed by atoms with Gasteiger partial charge in [-0.05, 0) is 18.1 Å². The Balaban J connectivity index is 2.50. The zero-order chi connectivity index (χ0) is 13.6. The molecule has 0 aliphatic carbocycles. The predicted octanol–water partition coefficient (Wildman–Crippen LogP) is 2.43. The highest BCUT2D eigenvalue weighted by atomic mass is 16.5. The Morgan fingerprint density at radius 2 is 2.00 bits per heavy atom. The van der Waals surface area contributed by atoms with Gasteiger partial charge < -0.3 is 10.1 Å². The molecule has 3 heteroatoms. The van der Waals surface area contributed by atoms with Crippen LogP contribution in [-0.2, 0) is 14.9 Å². The van der Waals surface area contributed by atoms with Crippen molar-refractivity contribution in [2.45, 2.75) is 32.6 Å². The van der Waals surface area contributed by atoms with E-state index < -0.39 is 0 Å². The minimum absolute atomic E-state index is 0.0570. The number of esters is 1. The van der Waals surface area contributed by atoms with E-state index >= 15 is 0 Å². The van der Waals surface area contributed by atoms with Gasteiger partial charge in [0.15, 0.2) is 0 Å². The molecular formula is C15H23NO2. The van der Waals surface area contributed by atoms with E-state index in [4.69, 9.17) is 0 Å². The van der Waals surface area contributed by atoms with E-state index in [1.54, 1.807) is 0 Å². The molecule has 0 spiro atoms. The molecule has 0 heterocycles. The highest BCUT2D eigenvalue weighted by Gasteiger charge is 2.21. The van der Waals surface area contributed by atoms with Gasteiger partial charge in [0.2, 0.25) is 0 Å². The molecule has 0 aliphatic rings. The van der Waals surface area contributed by atoms with Crippen LogP contribution in [0.25, 0.3) is 0 Å². The van der Waals surface area contributed by atoms with E-state index in [0.717, 1.165) is 6.54 Å². The molecule has 0 saturated carbocycles. The normalized spacial score (nSPS) is 11.3. The summed E-state index contributed by atoms with van der Waals surface area (Å²) in [4.78, 5) is 11.0. The number of benzene rings is 1. The Morgan fingerprint density at radius 1 is 1.33 bits per heavy atom. The SMILES string of the molecule is COC(=O)CCNCC(C)(C)c1ccccc1C. The number of nitrogens with one attached hydrogen (secondary N) is 1. The Hall–Kier alpha value is -1.35. The van der Waals surface area contributed by atoms with Crippen molar-refractivity contribution in [2.24, 2.45) is 0 Å². The number of carbonyl (C=O) groups is 1. The molecule has 1 rings (SSSR count). The topological polar surface area (TPSA) is 38.3 Å². The van der Waals surface area contributed by atoms with E-state index in [9.17, 15) is 4.79 Å². The molecule has 1 aromatic rings. The Labute approximate surface area is 110 Å². The van der Waals surface area contributed by atoms with Gasteiger partial charge in [-0.15, -0.1) is 0 Å². The molecule has 0 amide bonds. The van der Waals surface area contributed by atoms with Crippen molar-refractivity contribution in [1.29, 1.82) is 0 Å². The molecule has 0 unspecified atom stereocenters. The summed E-state index contributed by atoms with van der Waals surface area (Å²) < 4.78 is 4.61. The summed E-state index contributed by atoms with van der Waals surface area (Å²) in [5.41, 5.74) is 2.70. The number of aryl methyl sites for hydroxylation is 1. The summed E-state index contributed by atoms with van der Waals surface area (Å²) in [6.45, 7) is 8.04. The first-order valence-corrected chi connectivity index (χ1v) is 6.31. The molecule has 0 atom stereocenters. The maximum atomic E-state index is 11.0. The van der Waals surface area contributed by atoms with Crippen molar-refractivity contribution in [3.05, 3.63) is 35.4 Å². The van der Waals surface area contributed by atoms with Gasteiger partial charge in [-0.2, -0.15) is 0 Å². The van der Waals surface area contributed by atoms with Crippen molar-refractivity contribution in [2.75, 3.05) is 20.2 Å². The molecule has 18 heavy (non-hydrogen) atoms. The van der Waals surface area contributed by atoms with Gasteiger partial charge in [-0.1, -0.05) is 38.1 Å². The Kier molecular flexibility index (Phi) is 5.35. The van der Waals surface area contributed by atoms with Gasteiger partial charge in [-0.25, -0.2) is 0 Å². The maximum Gasteiger partial charge on any atom is 0.306 e.